The Balaban J connectivity index is 0.000000182. The zero-order valence-electron chi connectivity index (χ0n) is 92.7. The molecule has 0 unspecified atom stereocenters. The molecular weight excluding hydrogens is 1980 g/mol. The fraction of sp³-hybridized carbons (Fsp3) is 0.236. The van der Waals surface area contributed by atoms with Crippen molar-refractivity contribution in [2.45, 2.75) is 167 Å². The molecular formula is C110H106Ir3N6-6. The first-order valence-corrected chi connectivity index (χ1v) is 38.9. The summed E-state index contributed by atoms with van der Waals surface area (Å²) in [5, 5.41) is 0. The number of pyridine rings is 6. The Morgan fingerprint density at radius 3 is 0.840 bits per heavy atom. The molecule has 9 aromatic carbocycles. The summed E-state index contributed by atoms with van der Waals surface area (Å²) in [6.07, 6.45) is 14.2. The summed E-state index contributed by atoms with van der Waals surface area (Å²) in [7, 11) is 0. The molecule has 15 aromatic rings. The molecule has 609 valence electrons. The first-order chi connectivity index (χ1) is 67.4. The van der Waals surface area contributed by atoms with Crippen LogP contribution in [0.4, 0.5) is 0 Å². The van der Waals surface area contributed by atoms with E-state index in [1.165, 1.54) is 55.2 Å². The van der Waals surface area contributed by atoms with E-state index in [1.54, 1.807) is 79.9 Å². The van der Waals surface area contributed by atoms with Gasteiger partial charge in [0.2, 0.25) is 0 Å². The number of aromatic nitrogens is 6. The maximum Gasteiger partial charge on any atom is 0.0352 e. The summed E-state index contributed by atoms with van der Waals surface area (Å²) in [4.78, 5) is 25.5. The molecule has 6 aromatic heterocycles. The van der Waals surface area contributed by atoms with E-state index in [1.807, 2.05) is 188 Å². The molecule has 0 spiro atoms. The maximum atomic E-state index is 9.21. The molecule has 3 aliphatic carbocycles. The Morgan fingerprint density at radius 2 is 0.555 bits per heavy atom. The molecule has 0 N–H and O–H groups in total. The summed E-state index contributed by atoms with van der Waals surface area (Å²) in [6, 6.07) is 102. The van der Waals surface area contributed by atoms with E-state index in [2.05, 4.69) is 66.3 Å². The SMILES string of the molecule is [2H]C([2H])([2H])c1c[c-]c(-c2ccc(C([2H])([2H])[2H])cn2)cc1.[2H]C([2H])([2H])c1c[c-]c(-c2ccccn2)cc1.[2H]C([2H])([2H])c1cnc(-c2[c-]cccc2)cc1C.[2H]C([2H])([2H])c1cnc(-c2[c-]cccc2)cc1C1([2H])CCC([2H])(c2ccccc2)CC1.[2H]C([2H])([2H])c1cnc(-c2[c-]cccc2)cc1C1([2H])CCC([2H])(c2ccccc2)CC1.[2H]C([2H])([2H])c1cnc(-c2[c-]cccc2)cc1C1([2H])CCC([2H])(c2ccccc2)CC1.[Ir].[Ir].[Ir]. The standard InChI is InChI=1S/3C24H24N.2C13H12N.C12H10N.3Ir/c3*1-18-17-25-24(22-10-6-3-7-11-22)16-23(18)21-14-12-20(13-15-21)19-8-4-2-5-9-19;1-10-3-6-12(7-4-10)13-8-5-11(2)9-14-13;1-10-8-13(14-9-11(10)2)12-6-4-3-5-7-12;1-10-5-7-11(8-6-10)12-4-2-3-9-13-12;;;/h3*2-10,16-17,20-21H,12-15H2,1H3;2*3-6,8-9H,1-2H3;2-7,9H,1H3;;;/q6*-1;;;/i3*1D3,20D,21D;1D3,2D3;2D3;1D3;;;. The molecule has 18 rings (SSSR count). The first kappa shape index (κ1) is 60.3. The number of benzene rings is 9. The van der Waals surface area contributed by atoms with Gasteiger partial charge in [-0.1, -0.05) is 159 Å². The molecule has 3 fully saturated rings. The van der Waals surface area contributed by atoms with Crippen molar-refractivity contribution in [3.63, 3.8) is 0 Å². The Labute approximate surface area is 787 Å². The van der Waals surface area contributed by atoms with Crippen molar-refractivity contribution in [1.82, 2.24) is 29.9 Å². The Hall–Kier alpha value is -10.2. The summed E-state index contributed by atoms with van der Waals surface area (Å²) < 4.78 is 214. The zero-order chi connectivity index (χ0) is 103. The molecule has 9 heteroatoms. The maximum absolute atomic E-state index is 9.21. The Kier molecular flexibility index (Phi) is 23.8. The van der Waals surface area contributed by atoms with Crippen LogP contribution in [-0.4, -0.2) is 29.9 Å². The van der Waals surface area contributed by atoms with Gasteiger partial charge in [0.05, 0.1) is 0 Å². The molecule has 3 radical (unpaired) electrons. The molecule has 0 saturated heterocycles. The van der Waals surface area contributed by atoms with Crippen molar-refractivity contribution >= 4 is 0 Å². The largest absolute Gasteiger partial charge is 0.305 e. The Bertz CT molecular complexity index is 6200. The monoisotopic (exact) mass is 2120 g/mol. The minimum Gasteiger partial charge on any atom is -0.305 e. The predicted octanol–water partition coefficient (Wildman–Crippen LogP) is 28.1. The minimum atomic E-state index is -2.34. The molecule has 3 aliphatic rings. The van der Waals surface area contributed by atoms with Crippen LogP contribution in [0.5, 0.6) is 0 Å². The van der Waals surface area contributed by atoms with E-state index in [0.29, 0.717) is 133 Å². The van der Waals surface area contributed by atoms with Gasteiger partial charge in [0.15, 0.2) is 0 Å². The molecule has 0 atom stereocenters. The van der Waals surface area contributed by atoms with Crippen LogP contribution in [0.1, 0.15) is 227 Å². The van der Waals surface area contributed by atoms with Crippen LogP contribution in [0.15, 0.2) is 316 Å². The van der Waals surface area contributed by atoms with Crippen LogP contribution in [-0.2, 0) is 60.3 Å². The summed E-state index contributed by atoms with van der Waals surface area (Å²) in [5.41, 5.74) is 15.0. The Morgan fingerprint density at radius 1 is 0.252 bits per heavy atom. The molecule has 0 amide bonds. The van der Waals surface area contributed by atoms with Crippen LogP contribution in [0.25, 0.3) is 67.5 Å². The third-order valence-electron chi connectivity index (χ3n) is 20.4. The second kappa shape index (κ2) is 47.0. The van der Waals surface area contributed by atoms with Crippen molar-refractivity contribution in [1.29, 1.82) is 0 Å². The summed E-state index contributed by atoms with van der Waals surface area (Å²) in [6.45, 7) is -13.8. The third kappa shape index (κ3) is 26.4. The fourth-order valence-corrected chi connectivity index (χ4v) is 14.1. The van der Waals surface area contributed by atoms with Gasteiger partial charge in [0.1, 0.15) is 0 Å². The molecule has 0 aliphatic heterocycles. The van der Waals surface area contributed by atoms with Crippen molar-refractivity contribution in [2.75, 3.05) is 0 Å². The van der Waals surface area contributed by atoms with Gasteiger partial charge < -0.3 is 29.9 Å². The van der Waals surface area contributed by atoms with E-state index in [4.69, 9.17) is 32.9 Å². The second-order valence-corrected chi connectivity index (χ2v) is 28.2. The molecule has 3 saturated carbocycles. The normalized spacial score (nSPS) is 24.1. The molecule has 6 nitrogen and oxygen atoms in total. The van der Waals surface area contributed by atoms with Crippen LogP contribution in [0.3, 0.4) is 0 Å². The number of hydrogen-bond acceptors (Lipinski definition) is 6. The first-order valence-electron chi connectivity index (χ1n) is 52.4. The number of nitrogens with zero attached hydrogens (tertiary/aromatic N) is 6. The average molecular weight is 2120 g/mol. The van der Waals surface area contributed by atoms with E-state index in [0.717, 1.165) is 61.5 Å². The van der Waals surface area contributed by atoms with Gasteiger partial charge in [0.25, 0.3) is 0 Å². The van der Waals surface area contributed by atoms with Crippen LogP contribution >= 0.6 is 0 Å². The van der Waals surface area contributed by atoms with E-state index in [9.17, 15) is 4.11 Å². The molecule has 119 heavy (non-hydrogen) atoms. The van der Waals surface area contributed by atoms with Crippen LogP contribution < -0.4 is 0 Å². The fourth-order valence-electron chi connectivity index (χ4n) is 14.1. The summed E-state index contributed by atoms with van der Waals surface area (Å²) in [5.74, 6) is -5.40. The third-order valence-corrected chi connectivity index (χ3v) is 20.4. The van der Waals surface area contributed by atoms with Gasteiger partial charge >= 0.3 is 0 Å². The van der Waals surface area contributed by atoms with Gasteiger partial charge in [-0.3, -0.25) is 0 Å². The topological polar surface area (TPSA) is 77.3 Å². The van der Waals surface area contributed by atoms with Gasteiger partial charge in [-0.05, 0) is 255 Å². The van der Waals surface area contributed by atoms with E-state index >= 15 is 0 Å². The van der Waals surface area contributed by atoms with E-state index in [-0.39, 0.29) is 88.1 Å². The second-order valence-electron chi connectivity index (χ2n) is 28.2. The minimum absolute atomic E-state index is 0. The average Bonchev–Trinajstić information content (AvgIpc) is 0.756. The van der Waals surface area contributed by atoms with Crippen LogP contribution in [0.2, 0.25) is 0 Å². The smallest absolute Gasteiger partial charge is 0.0352 e. The van der Waals surface area contributed by atoms with Gasteiger partial charge in [-0.25, -0.2) is 0 Å². The number of hydrogen-bond donors (Lipinski definition) is 0. The van der Waals surface area contributed by atoms with Crippen molar-refractivity contribution in [2.24, 2.45) is 0 Å². The van der Waals surface area contributed by atoms with Crippen LogP contribution in [0, 0.1) is 91.3 Å². The quantitative estimate of drug-likeness (QED) is 0.113. The number of rotatable bonds is 12. The van der Waals surface area contributed by atoms with Crippen molar-refractivity contribution < 1.29 is 97.3 Å². The summed E-state index contributed by atoms with van der Waals surface area (Å²) >= 11 is 0. The van der Waals surface area contributed by atoms with Crippen molar-refractivity contribution in [3.05, 3.63) is 431 Å². The predicted molar refractivity (Wildman–Crippen MR) is 480 cm³/mol. The zero-order valence-corrected chi connectivity index (χ0v) is 72.9. The van der Waals surface area contributed by atoms with E-state index < -0.39 is 83.3 Å². The number of aryl methyl sites for hydroxylation is 8. The van der Waals surface area contributed by atoms with Gasteiger partial charge in [-0.2, -0.15) is 0 Å². The van der Waals surface area contributed by atoms with Crippen molar-refractivity contribution in [3.8, 4) is 67.5 Å². The van der Waals surface area contributed by atoms with Gasteiger partial charge in [0, 0.05) is 135 Å². The molecule has 0 bridgehead atoms. The van der Waals surface area contributed by atoms with Gasteiger partial charge in [-0.15, -0.1) is 214 Å². The molecule has 6 heterocycles.